The van der Waals surface area contributed by atoms with E-state index < -0.39 is 0 Å². The van der Waals surface area contributed by atoms with E-state index in [2.05, 4.69) is 10.8 Å². The SMILES string of the molecule is COC(=O)Cc1ccc(C#N)c(C)c1. The number of aryl methyl sites for hydroxylation is 1. The zero-order valence-corrected chi connectivity index (χ0v) is 8.20. The van der Waals surface area contributed by atoms with Crippen molar-refractivity contribution < 1.29 is 9.53 Å². The van der Waals surface area contributed by atoms with Crippen molar-refractivity contribution in [2.24, 2.45) is 0 Å². The second kappa shape index (κ2) is 4.43. The van der Waals surface area contributed by atoms with Crippen molar-refractivity contribution in [1.82, 2.24) is 0 Å². The van der Waals surface area contributed by atoms with Crippen LogP contribution in [0.25, 0.3) is 0 Å². The van der Waals surface area contributed by atoms with Gasteiger partial charge in [0.2, 0.25) is 0 Å². The van der Waals surface area contributed by atoms with Crippen molar-refractivity contribution in [1.29, 1.82) is 5.26 Å². The van der Waals surface area contributed by atoms with Crippen LogP contribution in [0, 0.1) is 18.3 Å². The smallest absolute Gasteiger partial charge is 0.309 e. The van der Waals surface area contributed by atoms with Crippen LogP contribution in [0.1, 0.15) is 16.7 Å². The highest BCUT2D eigenvalue weighted by Crippen LogP contribution is 2.10. The highest BCUT2D eigenvalue weighted by atomic mass is 16.5. The molecule has 0 aliphatic rings. The summed E-state index contributed by atoms with van der Waals surface area (Å²) in [6.45, 7) is 1.85. The molecule has 0 amide bonds. The molecule has 0 saturated heterocycles. The summed E-state index contributed by atoms with van der Waals surface area (Å²) < 4.78 is 4.55. The van der Waals surface area contributed by atoms with Crippen LogP contribution in [0.3, 0.4) is 0 Å². The standard InChI is InChI=1S/C11H11NO2/c1-8-5-9(6-11(13)14-2)3-4-10(8)7-12/h3-5H,6H2,1-2H3. The predicted molar refractivity (Wildman–Crippen MR) is 51.6 cm³/mol. The first kappa shape index (κ1) is 10.3. The van der Waals surface area contributed by atoms with Gasteiger partial charge in [-0.25, -0.2) is 0 Å². The van der Waals surface area contributed by atoms with E-state index in [-0.39, 0.29) is 12.4 Å². The van der Waals surface area contributed by atoms with Crippen LogP contribution in [-0.2, 0) is 16.0 Å². The average molecular weight is 189 g/mol. The van der Waals surface area contributed by atoms with E-state index in [0.717, 1.165) is 11.1 Å². The third kappa shape index (κ3) is 2.33. The van der Waals surface area contributed by atoms with Gasteiger partial charge < -0.3 is 4.74 Å². The van der Waals surface area contributed by atoms with E-state index in [9.17, 15) is 4.79 Å². The van der Waals surface area contributed by atoms with Crippen molar-refractivity contribution in [3.8, 4) is 6.07 Å². The summed E-state index contributed by atoms with van der Waals surface area (Å²) in [6, 6.07) is 7.38. The molecule has 0 bridgehead atoms. The van der Waals surface area contributed by atoms with E-state index in [1.54, 1.807) is 12.1 Å². The summed E-state index contributed by atoms with van der Waals surface area (Å²) in [5.41, 5.74) is 2.39. The fourth-order valence-electron chi connectivity index (χ4n) is 1.20. The molecule has 3 nitrogen and oxygen atoms in total. The molecule has 14 heavy (non-hydrogen) atoms. The van der Waals surface area contributed by atoms with Crippen molar-refractivity contribution in [2.45, 2.75) is 13.3 Å². The molecule has 0 saturated carbocycles. The maximum absolute atomic E-state index is 11.0. The Morgan fingerprint density at radius 1 is 1.57 bits per heavy atom. The lowest BCUT2D eigenvalue weighted by atomic mass is 10.0. The van der Waals surface area contributed by atoms with Gasteiger partial charge in [0.25, 0.3) is 0 Å². The molecule has 3 heteroatoms. The minimum absolute atomic E-state index is 0.253. The molecule has 0 aliphatic heterocycles. The molecule has 1 aromatic rings. The highest BCUT2D eigenvalue weighted by molar-refractivity contribution is 5.72. The van der Waals surface area contributed by atoms with Crippen molar-refractivity contribution in [3.05, 3.63) is 34.9 Å². The Hall–Kier alpha value is -1.82. The average Bonchev–Trinajstić information content (AvgIpc) is 2.18. The van der Waals surface area contributed by atoms with Gasteiger partial charge in [0.05, 0.1) is 25.2 Å². The second-order valence-electron chi connectivity index (χ2n) is 3.01. The predicted octanol–water partition coefficient (Wildman–Crippen LogP) is 1.58. The molecule has 0 heterocycles. The van der Waals surface area contributed by atoms with E-state index in [1.165, 1.54) is 7.11 Å². The minimum atomic E-state index is -0.269. The summed E-state index contributed by atoms with van der Waals surface area (Å²) in [6.07, 6.45) is 0.253. The molecule has 0 unspecified atom stereocenters. The number of carbonyl (C=O) groups is 1. The number of ether oxygens (including phenoxy) is 1. The first-order valence-electron chi connectivity index (χ1n) is 4.24. The summed E-state index contributed by atoms with van der Waals surface area (Å²) in [5.74, 6) is -0.269. The van der Waals surface area contributed by atoms with Gasteiger partial charge in [-0.1, -0.05) is 12.1 Å². The fourth-order valence-corrected chi connectivity index (χ4v) is 1.20. The topological polar surface area (TPSA) is 50.1 Å². The van der Waals surface area contributed by atoms with Crippen LogP contribution in [0.5, 0.6) is 0 Å². The molecule has 1 aromatic carbocycles. The Balaban J connectivity index is 2.88. The molecule has 0 spiro atoms. The molecule has 0 aliphatic carbocycles. The Kier molecular flexibility index (Phi) is 3.24. The number of methoxy groups -OCH3 is 1. The summed E-state index contributed by atoms with van der Waals surface area (Å²) in [5, 5.41) is 8.70. The number of esters is 1. The first-order valence-corrected chi connectivity index (χ1v) is 4.24. The molecule has 1 rings (SSSR count). The Morgan fingerprint density at radius 2 is 2.29 bits per heavy atom. The number of nitrogens with zero attached hydrogens (tertiary/aromatic N) is 1. The van der Waals surface area contributed by atoms with Crippen molar-refractivity contribution in [2.75, 3.05) is 7.11 Å². The first-order chi connectivity index (χ1) is 6.67. The molecule has 0 aromatic heterocycles. The Labute approximate surface area is 82.9 Å². The van der Waals surface area contributed by atoms with Crippen LogP contribution >= 0.6 is 0 Å². The molecule has 72 valence electrons. The van der Waals surface area contributed by atoms with Gasteiger partial charge >= 0.3 is 5.97 Å². The Bertz CT molecular complexity index is 391. The molecule has 0 fully saturated rings. The maximum Gasteiger partial charge on any atom is 0.309 e. The number of nitriles is 1. The molecular weight excluding hydrogens is 178 g/mol. The molecular formula is C11H11NO2. The van der Waals surface area contributed by atoms with Gasteiger partial charge in [0.1, 0.15) is 0 Å². The lowest BCUT2D eigenvalue weighted by Crippen LogP contribution is -2.04. The van der Waals surface area contributed by atoms with Crippen LogP contribution in [0.15, 0.2) is 18.2 Å². The Morgan fingerprint density at radius 3 is 2.79 bits per heavy atom. The largest absolute Gasteiger partial charge is 0.469 e. The number of hydrogen-bond donors (Lipinski definition) is 0. The van der Waals surface area contributed by atoms with Gasteiger partial charge in [-0.2, -0.15) is 5.26 Å². The van der Waals surface area contributed by atoms with E-state index in [1.807, 2.05) is 13.0 Å². The zero-order valence-electron chi connectivity index (χ0n) is 8.20. The quantitative estimate of drug-likeness (QED) is 0.664. The van der Waals surface area contributed by atoms with Crippen molar-refractivity contribution in [3.63, 3.8) is 0 Å². The van der Waals surface area contributed by atoms with Gasteiger partial charge in [-0.05, 0) is 24.1 Å². The third-order valence-electron chi connectivity index (χ3n) is 1.99. The summed E-state index contributed by atoms with van der Waals surface area (Å²) >= 11 is 0. The minimum Gasteiger partial charge on any atom is -0.469 e. The number of hydrogen-bond acceptors (Lipinski definition) is 3. The normalized spacial score (nSPS) is 9.21. The fraction of sp³-hybridized carbons (Fsp3) is 0.273. The van der Waals surface area contributed by atoms with Crippen LogP contribution in [0.2, 0.25) is 0 Å². The second-order valence-corrected chi connectivity index (χ2v) is 3.01. The van der Waals surface area contributed by atoms with Crippen LogP contribution < -0.4 is 0 Å². The highest BCUT2D eigenvalue weighted by Gasteiger charge is 2.04. The van der Waals surface area contributed by atoms with E-state index >= 15 is 0 Å². The van der Waals surface area contributed by atoms with Gasteiger partial charge in [-0.15, -0.1) is 0 Å². The van der Waals surface area contributed by atoms with Crippen LogP contribution in [0.4, 0.5) is 0 Å². The number of benzene rings is 1. The number of carbonyl (C=O) groups excluding carboxylic acids is 1. The van der Waals surface area contributed by atoms with Gasteiger partial charge in [0, 0.05) is 0 Å². The summed E-state index contributed by atoms with van der Waals surface area (Å²) in [4.78, 5) is 11.0. The third-order valence-corrected chi connectivity index (χ3v) is 1.99. The van der Waals surface area contributed by atoms with Crippen molar-refractivity contribution >= 4 is 5.97 Å². The van der Waals surface area contributed by atoms with Gasteiger partial charge in [-0.3, -0.25) is 4.79 Å². The lowest BCUT2D eigenvalue weighted by molar-refractivity contribution is -0.139. The lowest BCUT2D eigenvalue weighted by Gasteiger charge is -2.02. The zero-order chi connectivity index (χ0) is 10.6. The maximum atomic E-state index is 11.0. The van der Waals surface area contributed by atoms with Crippen LogP contribution in [-0.4, -0.2) is 13.1 Å². The molecule has 0 atom stereocenters. The molecule has 0 radical (unpaired) electrons. The van der Waals surface area contributed by atoms with E-state index in [4.69, 9.17) is 5.26 Å². The van der Waals surface area contributed by atoms with E-state index in [0.29, 0.717) is 5.56 Å². The number of rotatable bonds is 2. The van der Waals surface area contributed by atoms with Gasteiger partial charge in [0.15, 0.2) is 0 Å². The molecule has 0 N–H and O–H groups in total. The summed E-state index contributed by atoms with van der Waals surface area (Å²) in [7, 11) is 1.36. The monoisotopic (exact) mass is 189 g/mol.